The highest BCUT2D eigenvalue weighted by Crippen LogP contribution is 2.31. The quantitative estimate of drug-likeness (QED) is 0.599. The zero-order valence-electron chi connectivity index (χ0n) is 13.2. The van der Waals surface area contributed by atoms with Crippen LogP contribution in [-0.4, -0.2) is 0 Å². The van der Waals surface area contributed by atoms with Gasteiger partial charge in [-0.15, -0.1) is 0 Å². The smallest absolute Gasteiger partial charge is 0.129 e. The molecule has 0 aliphatic heterocycles. The molecule has 1 aromatic rings. The van der Waals surface area contributed by atoms with Crippen LogP contribution in [0.1, 0.15) is 70.3 Å². The van der Waals surface area contributed by atoms with E-state index in [2.05, 4.69) is 6.92 Å². The lowest BCUT2D eigenvalue weighted by Gasteiger charge is -2.25. The summed E-state index contributed by atoms with van der Waals surface area (Å²) in [7, 11) is 0. The molecular formula is C19H28F2. The first-order valence-corrected chi connectivity index (χ1v) is 8.63. The fourth-order valence-electron chi connectivity index (χ4n) is 3.70. The Kier molecular flexibility index (Phi) is 6.66. The monoisotopic (exact) mass is 294 g/mol. The Morgan fingerprint density at radius 1 is 0.952 bits per heavy atom. The van der Waals surface area contributed by atoms with E-state index in [0.29, 0.717) is 11.5 Å². The van der Waals surface area contributed by atoms with E-state index in [1.165, 1.54) is 57.4 Å². The molecule has 2 unspecified atom stereocenters. The first-order chi connectivity index (χ1) is 10.2. The van der Waals surface area contributed by atoms with Crippen molar-refractivity contribution in [2.24, 2.45) is 11.8 Å². The number of aryl methyl sites for hydroxylation is 1. The molecule has 0 saturated heterocycles. The van der Waals surface area contributed by atoms with E-state index >= 15 is 0 Å². The Morgan fingerprint density at radius 3 is 2.24 bits per heavy atom. The van der Waals surface area contributed by atoms with Crippen molar-refractivity contribution < 1.29 is 8.78 Å². The van der Waals surface area contributed by atoms with Crippen LogP contribution in [0.3, 0.4) is 0 Å². The minimum absolute atomic E-state index is 0.385. The van der Waals surface area contributed by atoms with Crippen LogP contribution in [0.4, 0.5) is 8.78 Å². The summed E-state index contributed by atoms with van der Waals surface area (Å²) in [6.45, 7) is 2.27. The second kappa shape index (κ2) is 8.51. The van der Waals surface area contributed by atoms with Gasteiger partial charge in [0.2, 0.25) is 0 Å². The van der Waals surface area contributed by atoms with Crippen molar-refractivity contribution >= 4 is 0 Å². The molecule has 0 N–H and O–H groups in total. The molecule has 1 aliphatic rings. The first kappa shape index (κ1) is 16.5. The molecule has 0 amide bonds. The molecule has 0 bridgehead atoms. The Hall–Kier alpha value is -0.920. The fourth-order valence-corrected chi connectivity index (χ4v) is 3.70. The molecule has 1 aliphatic carbocycles. The predicted octanol–water partition coefficient (Wildman–Crippen LogP) is 6.28. The van der Waals surface area contributed by atoms with Crippen molar-refractivity contribution in [1.29, 1.82) is 0 Å². The van der Waals surface area contributed by atoms with Crippen molar-refractivity contribution in [2.75, 3.05) is 0 Å². The third-order valence-corrected chi connectivity index (χ3v) is 4.99. The fraction of sp³-hybridized carbons (Fsp3) is 0.684. The minimum atomic E-state index is -0.482. The van der Waals surface area contributed by atoms with E-state index in [1.807, 2.05) is 0 Å². The second-order valence-corrected chi connectivity index (χ2v) is 6.66. The van der Waals surface area contributed by atoms with Gasteiger partial charge in [-0.25, -0.2) is 8.78 Å². The Bertz CT molecular complexity index is 428. The molecule has 1 fully saturated rings. The molecule has 0 radical (unpaired) electrons. The third-order valence-electron chi connectivity index (χ3n) is 4.99. The third kappa shape index (κ3) is 5.41. The van der Waals surface area contributed by atoms with E-state index < -0.39 is 5.82 Å². The van der Waals surface area contributed by atoms with Crippen LogP contribution in [0.2, 0.25) is 0 Å². The lowest BCUT2D eigenvalue weighted by molar-refractivity contribution is 0.289. The summed E-state index contributed by atoms with van der Waals surface area (Å²) in [6, 6.07) is 3.98. The molecule has 2 heteroatoms. The van der Waals surface area contributed by atoms with Gasteiger partial charge in [-0.05, 0) is 36.3 Å². The van der Waals surface area contributed by atoms with Gasteiger partial charge < -0.3 is 0 Å². The van der Waals surface area contributed by atoms with E-state index in [9.17, 15) is 8.78 Å². The summed E-state index contributed by atoms with van der Waals surface area (Å²) in [5, 5.41) is 0. The number of benzene rings is 1. The maximum atomic E-state index is 13.7. The highest BCUT2D eigenvalue weighted by Gasteiger charge is 2.17. The standard InChI is InChI=1S/C19H28F2/c1-2-5-15-6-3-4-7-16(9-8-15)10-11-17-12-13-18(20)14-19(17)21/h12-16H,2-11H2,1H3. The van der Waals surface area contributed by atoms with E-state index in [4.69, 9.17) is 0 Å². The highest BCUT2D eigenvalue weighted by molar-refractivity contribution is 5.18. The first-order valence-electron chi connectivity index (χ1n) is 8.63. The largest absolute Gasteiger partial charge is 0.207 e. The van der Waals surface area contributed by atoms with Crippen LogP contribution in [0.5, 0.6) is 0 Å². The van der Waals surface area contributed by atoms with Crippen LogP contribution in [-0.2, 0) is 6.42 Å². The van der Waals surface area contributed by atoms with Crippen molar-refractivity contribution in [3.8, 4) is 0 Å². The van der Waals surface area contributed by atoms with Gasteiger partial charge in [0, 0.05) is 6.07 Å². The molecule has 1 saturated carbocycles. The maximum absolute atomic E-state index is 13.7. The molecule has 0 nitrogen and oxygen atoms in total. The van der Waals surface area contributed by atoms with Crippen molar-refractivity contribution in [1.82, 2.24) is 0 Å². The van der Waals surface area contributed by atoms with Crippen molar-refractivity contribution in [3.63, 3.8) is 0 Å². The van der Waals surface area contributed by atoms with Crippen LogP contribution >= 0.6 is 0 Å². The molecule has 2 rings (SSSR count). The van der Waals surface area contributed by atoms with Gasteiger partial charge >= 0.3 is 0 Å². The number of rotatable bonds is 5. The molecule has 2 atom stereocenters. The summed E-state index contributed by atoms with van der Waals surface area (Å²) in [6.07, 6.45) is 12.4. The SMILES string of the molecule is CCCC1CCCCC(CCc2ccc(F)cc2F)CC1. The van der Waals surface area contributed by atoms with Gasteiger partial charge in [-0.3, -0.25) is 0 Å². The topological polar surface area (TPSA) is 0 Å². The zero-order valence-corrected chi connectivity index (χ0v) is 13.2. The van der Waals surface area contributed by atoms with Crippen LogP contribution in [0.15, 0.2) is 18.2 Å². The predicted molar refractivity (Wildman–Crippen MR) is 84.3 cm³/mol. The van der Waals surface area contributed by atoms with Crippen LogP contribution in [0, 0.1) is 23.5 Å². The van der Waals surface area contributed by atoms with E-state index in [-0.39, 0.29) is 5.82 Å². The second-order valence-electron chi connectivity index (χ2n) is 6.66. The summed E-state index contributed by atoms with van der Waals surface area (Å²) in [5.41, 5.74) is 0.670. The average Bonchev–Trinajstić information content (AvgIpc) is 2.43. The molecular weight excluding hydrogens is 266 g/mol. The summed E-state index contributed by atoms with van der Waals surface area (Å²) >= 11 is 0. The number of hydrogen-bond acceptors (Lipinski definition) is 0. The van der Waals surface area contributed by atoms with Gasteiger partial charge in [0.25, 0.3) is 0 Å². The van der Waals surface area contributed by atoms with Crippen LogP contribution in [0.25, 0.3) is 0 Å². The molecule has 21 heavy (non-hydrogen) atoms. The highest BCUT2D eigenvalue weighted by atomic mass is 19.1. The molecule has 118 valence electrons. The van der Waals surface area contributed by atoms with Gasteiger partial charge in [0.1, 0.15) is 11.6 Å². The molecule has 0 aromatic heterocycles. The lowest BCUT2D eigenvalue weighted by atomic mass is 9.81. The Balaban J connectivity index is 1.83. The van der Waals surface area contributed by atoms with Gasteiger partial charge in [-0.2, -0.15) is 0 Å². The summed E-state index contributed by atoms with van der Waals surface area (Å²) in [5.74, 6) is 0.754. The zero-order chi connectivity index (χ0) is 15.1. The van der Waals surface area contributed by atoms with Crippen molar-refractivity contribution in [2.45, 2.75) is 71.1 Å². The Labute approximate surface area is 128 Å². The van der Waals surface area contributed by atoms with Gasteiger partial charge in [0.15, 0.2) is 0 Å². The Morgan fingerprint density at radius 2 is 1.62 bits per heavy atom. The van der Waals surface area contributed by atoms with E-state index in [1.54, 1.807) is 6.07 Å². The van der Waals surface area contributed by atoms with Crippen LogP contribution < -0.4 is 0 Å². The van der Waals surface area contributed by atoms with Gasteiger partial charge in [-0.1, -0.05) is 64.4 Å². The van der Waals surface area contributed by atoms with Crippen molar-refractivity contribution in [3.05, 3.63) is 35.4 Å². The summed E-state index contributed by atoms with van der Waals surface area (Å²) in [4.78, 5) is 0. The van der Waals surface area contributed by atoms with E-state index in [0.717, 1.165) is 24.8 Å². The number of hydrogen-bond donors (Lipinski definition) is 0. The molecule has 0 spiro atoms. The average molecular weight is 294 g/mol. The lowest BCUT2D eigenvalue weighted by Crippen LogP contribution is -2.11. The normalized spacial score (nSPS) is 23.6. The number of halogens is 2. The van der Waals surface area contributed by atoms with Gasteiger partial charge in [0.05, 0.1) is 0 Å². The maximum Gasteiger partial charge on any atom is 0.129 e. The summed E-state index contributed by atoms with van der Waals surface area (Å²) < 4.78 is 26.6. The molecule has 0 heterocycles. The minimum Gasteiger partial charge on any atom is -0.207 e. The molecule has 1 aromatic carbocycles.